The van der Waals surface area contributed by atoms with E-state index >= 15 is 0 Å². The second kappa shape index (κ2) is 8.72. The summed E-state index contributed by atoms with van der Waals surface area (Å²) in [4.78, 5) is 0. The number of nitrogens with zero attached hydrogens (tertiary/aromatic N) is 1. The Bertz CT molecular complexity index is 2060. The average Bonchev–Trinajstić information content (AvgIpc) is 3.37. The van der Waals surface area contributed by atoms with Crippen LogP contribution in [0.15, 0.2) is 152 Å². The summed E-state index contributed by atoms with van der Waals surface area (Å²) in [5, 5.41) is 7.76. The second-order valence-electron chi connectivity index (χ2n) is 10.2. The van der Waals surface area contributed by atoms with Crippen LogP contribution in [0, 0.1) is 0 Å². The van der Waals surface area contributed by atoms with Gasteiger partial charge in [0.1, 0.15) is 0 Å². The minimum atomic E-state index is 1.17. The standard InChI is InChI=1S/C38H25N/c1-2-10-26(11-3-1)31-14-8-9-15-32(31)29-18-22-30(23-19-29)39-35-24-20-27-12-4-6-16-33(27)37(35)38-34-17-7-5-13-28(34)21-25-36(38)39/h1-25H. The normalized spacial score (nSPS) is 11.6. The third-order valence-electron chi connectivity index (χ3n) is 7.99. The van der Waals surface area contributed by atoms with Crippen molar-refractivity contribution in [3.8, 4) is 27.9 Å². The van der Waals surface area contributed by atoms with Crippen molar-refractivity contribution in [1.29, 1.82) is 0 Å². The van der Waals surface area contributed by atoms with E-state index < -0.39 is 0 Å². The molecule has 0 spiro atoms. The summed E-state index contributed by atoms with van der Waals surface area (Å²) in [6.07, 6.45) is 0. The third-order valence-corrected chi connectivity index (χ3v) is 7.99. The van der Waals surface area contributed by atoms with Crippen LogP contribution < -0.4 is 0 Å². The van der Waals surface area contributed by atoms with Gasteiger partial charge in [0, 0.05) is 16.5 Å². The highest BCUT2D eigenvalue weighted by atomic mass is 15.0. The molecule has 0 aliphatic carbocycles. The first-order valence-electron chi connectivity index (χ1n) is 13.5. The molecule has 182 valence electrons. The van der Waals surface area contributed by atoms with Gasteiger partial charge in [-0.3, -0.25) is 0 Å². The predicted octanol–water partition coefficient (Wildman–Crippen LogP) is 10.4. The van der Waals surface area contributed by atoms with Crippen LogP contribution in [0.3, 0.4) is 0 Å². The molecule has 0 amide bonds. The Morgan fingerprint density at radius 1 is 0.333 bits per heavy atom. The van der Waals surface area contributed by atoms with Crippen LogP contribution >= 0.6 is 0 Å². The zero-order chi connectivity index (χ0) is 25.8. The van der Waals surface area contributed by atoms with Crippen LogP contribution in [0.1, 0.15) is 0 Å². The minimum absolute atomic E-state index is 1.17. The molecule has 7 aromatic carbocycles. The molecule has 0 bridgehead atoms. The highest BCUT2D eigenvalue weighted by Crippen LogP contribution is 2.41. The molecular weight excluding hydrogens is 470 g/mol. The molecule has 8 aromatic rings. The zero-order valence-corrected chi connectivity index (χ0v) is 21.4. The summed E-state index contributed by atoms with van der Waals surface area (Å²) in [7, 11) is 0. The molecule has 0 aliphatic rings. The largest absolute Gasteiger partial charge is 0.309 e. The van der Waals surface area contributed by atoms with E-state index in [0.29, 0.717) is 0 Å². The molecule has 8 rings (SSSR count). The van der Waals surface area contributed by atoms with Gasteiger partial charge in [0.05, 0.1) is 11.0 Å². The first kappa shape index (κ1) is 21.9. The van der Waals surface area contributed by atoms with Crippen molar-refractivity contribution in [2.75, 3.05) is 0 Å². The maximum Gasteiger partial charge on any atom is 0.0547 e. The number of aromatic nitrogens is 1. The van der Waals surface area contributed by atoms with Gasteiger partial charge < -0.3 is 4.57 Å². The fourth-order valence-corrected chi connectivity index (χ4v) is 6.22. The van der Waals surface area contributed by atoms with Gasteiger partial charge in [0.25, 0.3) is 0 Å². The van der Waals surface area contributed by atoms with Gasteiger partial charge in [-0.2, -0.15) is 0 Å². The Kier molecular flexibility index (Phi) is 4.89. The van der Waals surface area contributed by atoms with E-state index in [1.807, 2.05) is 0 Å². The maximum atomic E-state index is 2.43. The van der Waals surface area contributed by atoms with Gasteiger partial charge in [-0.05, 0) is 68.1 Å². The lowest BCUT2D eigenvalue weighted by molar-refractivity contribution is 1.18. The van der Waals surface area contributed by atoms with Gasteiger partial charge in [-0.1, -0.05) is 127 Å². The molecule has 0 atom stereocenters. The van der Waals surface area contributed by atoms with Crippen molar-refractivity contribution in [3.63, 3.8) is 0 Å². The molecule has 0 N–H and O–H groups in total. The molecule has 0 fully saturated rings. The van der Waals surface area contributed by atoms with Crippen LogP contribution in [-0.4, -0.2) is 4.57 Å². The van der Waals surface area contributed by atoms with Crippen molar-refractivity contribution in [3.05, 3.63) is 152 Å². The summed E-state index contributed by atoms with van der Waals surface area (Å²) >= 11 is 0. The lowest BCUT2D eigenvalue weighted by Gasteiger charge is -2.12. The smallest absolute Gasteiger partial charge is 0.0547 e. The third kappa shape index (κ3) is 3.41. The fraction of sp³-hybridized carbons (Fsp3) is 0. The average molecular weight is 496 g/mol. The van der Waals surface area contributed by atoms with Crippen LogP contribution in [0.2, 0.25) is 0 Å². The molecule has 39 heavy (non-hydrogen) atoms. The van der Waals surface area contributed by atoms with Crippen LogP contribution in [0.25, 0.3) is 71.3 Å². The van der Waals surface area contributed by atoms with Crippen molar-refractivity contribution < 1.29 is 0 Å². The number of benzene rings is 7. The molecule has 0 saturated carbocycles. The number of rotatable bonds is 3. The van der Waals surface area contributed by atoms with E-state index in [-0.39, 0.29) is 0 Å². The Morgan fingerprint density at radius 3 is 1.36 bits per heavy atom. The van der Waals surface area contributed by atoms with Crippen molar-refractivity contribution in [2.45, 2.75) is 0 Å². The first-order chi connectivity index (χ1) is 19.4. The Labute approximate surface area is 227 Å². The molecule has 0 saturated heterocycles. The molecular formula is C38H25N. The summed E-state index contributed by atoms with van der Waals surface area (Å²) in [6.45, 7) is 0. The Balaban J connectivity index is 1.38. The topological polar surface area (TPSA) is 4.93 Å². The van der Waals surface area contributed by atoms with Gasteiger partial charge in [0.2, 0.25) is 0 Å². The van der Waals surface area contributed by atoms with Gasteiger partial charge in [-0.25, -0.2) is 0 Å². The number of fused-ring (bicyclic) bond motifs is 7. The van der Waals surface area contributed by atoms with E-state index in [2.05, 4.69) is 156 Å². The van der Waals surface area contributed by atoms with Crippen LogP contribution in [0.5, 0.6) is 0 Å². The maximum absolute atomic E-state index is 2.43. The summed E-state index contributed by atoms with van der Waals surface area (Å²) < 4.78 is 2.43. The second-order valence-corrected chi connectivity index (χ2v) is 10.2. The quantitative estimate of drug-likeness (QED) is 0.230. The molecule has 0 unspecified atom stereocenters. The van der Waals surface area contributed by atoms with E-state index in [4.69, 9.17) is 0 Å². The number of hydrogen-bond acceptors (Lipinski definition) is 0. The van der Waals surface area contributed by atoms with E-state index in [1.165, 1.54) is 71.3 Å². The Morgan fingerprint density at radius 2 is 0.795 bits per heavy atom. The molecule has 0 radical (unpaired) electrons. The van der Waals surface area contributed by atoms with E-state index in [1.54, 1.807) is 0 Å². The SMILES string of the molecule is c1ccc(-c2ccccc2-c2ccc(-n3c4ccc5ccccc5c4c4c5ccccc5ccc43)cc2)cc1. The van der Waals surface area contributed by atoms with Crippen molar-refractivity contribution in [2.24, 2.45) is 0 Å². The summed E-state index contributed by atoms with van der Waals surface area (Å²) in [5.41, 5.74) is 8.58. The van der Waals surface area contributed by atoms with Crippen LogP contribution in [-0.2, 0) is 0 Å². The minimum Gasteiger partial charge on any atom is -0.309 e. The van der Waals surface area contributed by atoms with Gasteiger partial charge >= 0.3 is 0 Å². The van der Waals surface area contributed by atoms with Gasteiger partial charge in [-0.15, -0.1) is 0 Å². The monoisotopic (exact) mass is 495 g/mol. The highest BCUT2D eigenvalue weighted by Gasteiger charge is 2.17. The van der Waals surface area contributed by atoms with E-state index in [9.17, 15) is 0 Å². The lowest BCUT2D eigenvalue weighted by atomic mass is 9.94. The summed E-state index contributed by atoms with van der Waals surface area (Å²) in [5.74, 6) is 0. The first-order valence-corrected chi connectivity index (χ1v) is 13.5. The van der Waals surface area contributed by atoms with E-state index in [0.717, 1.165) is 0 Å². The lowest BCUT2D eigenvalue weighted by Crippen LogP contribution is -1.94. The molecule has 1 nitrogen and oxygen atoms in total. The molecule has 0 aliphatic heterocycles. The molecule has 1 heterocycles. The van der Waals surface area contributed by atoms with Crippen molar-refractivity contribution in [1.82, 2.24) is 4.57 Å². The molecule has 1 heteroatoms. The zero-order valence-electron chi connectivity index (χ0n) is 21.4. The fourth-order valence-electron chi connectivity index (χ4n) is 6.22. The highest BCUT2D eigenvalue weighted by molar-refractivity contribution is 6.28. The summed E-state index contributed by atoms with van der Waals surface area (Å²) in [6, 6.07) is 54.9. The van der Waals surface area contributed by atoms with Crippen molar-refractivity contribution >= 4 is 43.4 Å². The van der Waals surface area contributed by atoms with Crippen LogP contribution in [0.4, 0.5) is 0 Å². The van der Waals surface area contributed by atoms with Gasteiger partial charge in [0.15, 0.2) is 0 Å². The Hall–Kier alpha value is -5.14. The molecule has 1 aromatic heterocycles. The number of hydrogen-bond donors (Lipinski definition) is 0. The predicted molar refractivity (Wildman–Crippen MR) is 167 cm³/mol.